The molecule has 0 aliphatic carbocycles. The molecule has 0 N–H and O–H groups in total. The van der Waals surface area contributed by atoms with E-state index in [1.165, 1.54) is 25.3 Å². The first-order valence-electron chi connectivity index (χ1n) is 8.86. The van der Waals surface area contributed by atoms with E-state index in [-0.39, 0.29) is 28.9 Å². The third kappa shape index (κ3) is 5.36. The number of rotatable bonds is 4. The summed E-state index contributed by atoms with van der Waals surface area (Å²) in [5.74, 6) is -0.619. The Morgan fingerprint density at radius 3 is 1.97 bits per heavy atom. The highest BCUT2D eigenvalue weighted by Crippen LogP contribution is 2.38. The first-order chi connectivity index (χ1) is 14.4. The van der Waals surface area contributed by atoms with Gasteiger partial charge in [0.25, 0.3) is 0 Å². The van der Waals surface area contributed by atoms with Gasteiger partial charge in [-0.1, -0.05) is 30.3 Å². The van der Waals surface area contributed by atoms with Crippen LogP contribution in [-0.2, 0) is 17.1 Å². The fraction of sp³-hybridized carbons (Fsp3) is 0.136. The van der Waals surface area contributed by atoms with Crippen LogP contribution in [0.4, 0.5) is 26.3 Å². The van der Waals surface area contributed by atoms with Crippen LogP contribution in [0.25, 0.3) is 23.0 Å². The Bertz CT molecular complexity index is 1100. The van der Waals surface area contributed by atoms with Gasteiger partial charge in [0.2, 0.25) is 0 Å². The van der Waals surface area contributed by atoms with Crippen molar-refractivity contribution in [2.24, 2.45) is 0 Å². The predicted octanol–water partition coefficient (Wildman–Crippen LogP) is 6.31. The number of hydrogen-bond donors (Lipinski definition) is 0. The van der Waals surface area contributed by atoms with Crippen LogP contribution in [-0.4, -0.2) is 15.8 Å². The van der Waals surface area contributed by atoms with Crippen LogP contribution in [0, 0.1) is 0 Å². The second-order valence-electron chi connectivity index (χ2n) is 6.58. The van der Waals surface area contributed by atoms with Crippen molar-refractivity contribution < 1.29 is 31.1 Å². The standard InChI is InChI=1S/C22H14F6N2O/c1-13(31)19(14-5-3-2-4-6-14)12-18-7-8-29-20(30-18)15-9-16(21(23,24)25)11-17(10-15)22(26,27)28/h2-12H,1H3/b19-12-. The van der Waals surface area contributed by atoms with Gasteiger partial charge >= 0.3 is 12.4 Å². The zero-order valence-corrected chi connectivity index (χ0v) is 15.9. The third-order valence-corrected chi connectivity index (χ3v) is 4.28. The molecule has 9 heteroatoms. The molecule has 160 valence electrons. The number of nitrogens with zero attached hydrogens (tertiary/aromatic N) is 2. The summed E-state index contributed by atoms with van der Waals surface area (Å²) in [6, 6.07) is 11.1. The number of alkyl halides is 6. The highest BCUT2D eigenvalue weighted by molar-refractivity contribution is 6.24. The molecule has 31 heavy (non-hydrogen) atoms. The van der Waals surface area contributed by atoms with Crippen molar-refractivity contribution in [2.75, 3.05) is 0 Å². The monoisotopic (exact) mass is 436 g/mol. The van der Waals surface area contributed by atoms with E-state index in [1.807, 2.05) is 0 Å². The molecule has 0 spiro atoms. The Morgan fingerprint density at radius 2 is 1.45 bits per heavy atom. The number of aromatic nitrogens is 2. The highest BCUT2D eigenvalue weighted by Gasteiger charge is 2.37. The van der Waals surface area contributed by atoms with Crippen molar-refractivity contribution in [1.82, 2.24) is 9.97 Å². The summed E-state index contributed by atoms with van der Waals surface area (Å²) in [6.45, 7) is 1.34. The lowest BCUT2D eigenvalue weighted by Gasteiger charge is -2.14. The molecule has 0 fully saturated rings. The molecule has 0 aliphatic rings. The zero-order chi connectivity index (χ0) is 22.8. The molecule has 3 rings (SSSR count). The molecule has 3 aromatic rings. The SMILES string of the molecule is CC(=O)/C(=C/c1ccnc(-c2cc(C(F)(F)F)cc(C(F)(F)F)c2)n1)c1ccccc1. The Labute approximate surface area is 173 Å². The summed E-state index contributed by atoms with van der Waals surface area (Å²) in [4.78, 5) is 19.9. The van der Waals surface area contributed by atoms with Crippen LogP contribution in [0.1, 0.15) is 29.3 Å². The van der Waals surface area contributed by atoms with Crippen LogP contribution in [0.15, 0.2) is 60.8 Å². The van der Waals surface area contributed by atoms with E-state index in [0.29, 0.717) is 17.7 Å². The fourth-order valence-corrected chi connectivity index (χ4v) is 2.83. The van der Waals surface area contributed by atoms with E-state index in [4.69, 9.17) is 0 Å². The van der Waals surface area contributed by atoms with Gasteiger partial charge in [0.15, 0.2) is 11.6 Å². The van der Waals surface area contributed by atoms with Gasteiger partial charge in [0.1, 0.15) is 0 Å². The minimum atomic E-state index is -4.98. The second-order valence-corrected chi connectivity index (χ2v) is 6.58. The number of hydrogen-bond acceptors (Lipinski definition) is 3. The average Bonchev–Trinajstić information content (AvgIpc) is 2.71. The lowest BCUT2D eigenvalue weighted by molar-refractivity contribution is -0.143. The minimum absolute atomic E-state index is 0.0382. The normalized spacial score (nSPS) is 12.7. The molecule has 0 saturated carbocycles. The molecule has 0 aliphatic heterocycles. The molecule has 0 radical (unpaired) electrons. The first kappa shape index (κ1) is 22.2. The smallest absolute Gasteiger partial charge is 0.294 e. The maximum Gasteiger partial charge on any atom is 0.416 e. The molecule has 1 aromatic heterocycles. The van der Waals surface area contributed by atoms with Crippen molar-refractivity contribution >= 4 is 17.4 Å². The lowest BCUT2D eigenvalue weighted by Crippen LogP contribution is -2.11. The minimum Gasteiger partial charge on any atom is -0.294 e. The Hall–Kier alpha value is -3.49. The van der Waals surface area contributed by atoms with Crippen LogP contribution < -0.4 is 0 Å². The molecule has 0 atom stereocenters. The molecule has 1 heterocycles. The van der Waals surface area contributed by atoms with Crippen LogP contribution in [0.3, 0.4) is 0 Å². The number of carbonyl (C=O) groups is 1. The number of ketones is 1. The molecular formula is C22H14F6N2O. The number of benzene rings is 2. The van der Waals surface area contributed by atoms with Crippen molar-refractivity contribution in [1.29, 1.82) is 0 Å². The number of halogens is 6. The summed E-state index contributed by atoms with van der Waals surface area (Å²) >= 11 is 0. The summed E-state index contributed by atoms with van der Waals surface area (Å²) in [5.41, 5.74) is -2.34. The third-order valence-electron chi connectivity index (χ3n) is 4.28. The van der Waals surface area contributed by atoms with Crippen molar-refractivity contribution in [3.8, 4) is 11.4 Å². The number of allylic oxidation sites excluding steroid dienone is 1. The second kappa shape index (κ2) is 8.33. The largest absolute Gasteiger partial charge is 0.416 e. The maximum atomic E-state index is 13.1. The van der Waals surface area contributed by atoms with Crippen LogP contribution in [0.5, 0.6) is 0 Å². The summed E-state index contributed by atoms with van der Waals surface area (Å²) in [6.07, 6.45) is -7.36. The van der Waals surface area contributed by atoms with Crippen LogP contribution >= 0.6 is 0 Å². The Morgan fingerprint density at radius 1 is 0.871 bits per heavy atom. The molecule has 3 nitrogen and oxygen atoms in total. The number of carbonyl (C=O) groups excluding carboxylic acids is 1. The van der Waals surface area contributed by atoms with Gasteiger partial charge in [0, 0.05) is 17.3 Å². The van der Waals surface area contributed by atoms with Gasteiger partial charge in [-0.15, -0.1) is 0 Å². The maximum absolute atomic E-state index is 13.1. The van der Waals surface area contributed by atoms with Gasteiger partial charge in [-0.05, 0) is 42.8 Å². The van der Waals surface area contributed by atoms with Gasteiger partial charge in [-0.25, -0.2) is 9.97 Å². The van der Waals surface area contributed by atoms with Gasteiger partial charge in [-0.2, -0.15) is 26.3 Å². The molecular weight excluding hydrogens is 422 g/mol. The summed E-state index contributed by atoms with van der Waals surface area (Å²) in [5, 5.41) is 0. The highest BCUT2D eigenvalue weighted by atomic mass is 19.4. The molecule has 2 aromatic carbocycles. The Kier molecular flexibility index (Phi) is 5.97. The van der Waals surface area contributed by atoms with Gasteiger partial charge in [-0.3, -0.25) is 4.79 Å². The Balaban J connectivity index is 2.12. The van der Waals surface area contributed by atoms with Crippen LogP contribution in [0.2, 0.25) is 0 Å². The molecule has 0 amide bonds. The van der Waals surface area contributed by atoms with E-state index in [2.05, 4.69) is 9.97 Å². The van der Waals surface area contributed by atoms with E-state index >= 15 is 0 Å². The molecule has 0 bridgehead atoms. The van der Waals surface area contributed by atoms with Gasteiger partial charge < -0.3 is 0 Å². The zero-order valence-electron chi connectivity index (χ0n) is 15.9. The molecule has 0 saturated heterocycles. The lowest BCUT2D eigenvalue weighted by atomic mass is 10.0. The molecule has 0 unspecified atom stereocenters. The van der Waals surface area contributed by atoms with E-state index < -0.39 is 29.0 Å². The van der Waals surface area contributed by atoms with E-state index in [1.54, 1.807) is 30.3 Å². The summed E-state index contributed by atoms with van der Waals surface area (Å²) in [7, 11) is 0. The fourth-order valence-electron chi connectivity index (χ4n) is 2.83. The predicted molar refractivity (Wildman–Crippen MR) is 102 cm³/mol. The van der Waals surface area contributed by atoms with Crippen molar-refractivity contribution in [3.63, 3.8) is 0 Å². The van der Waals surface area contributed by atoms with E-state index in [0.717, 1.165) is 0 Å². The van der Waals surface area contributed by atoms with Crippen molar-refractivity contribution in [3.05, 3.63) is 83.2 Å². The van der Waals surface area contributed by atoms with E-state index in [9.17, 15) is 31.1 Å². The van der Waals surface area contributed by atoms with Crippen molar-refractivity contribution in [2.45, 2.75) is 19.3 Å². The van der Waals surface area contributed by atoms with Gasteiger partial charge in [0.05, 0.1) is 16.8 Å². The topological polar surface area (TPSA) is 42.9 Å². The number of Topliss-reactive ketones (excluding diaryl/α,β-unsaturated/α-hetero) is 1. The average molecular weight is 436 g/mol. The first-order valence-corrected chi connectivity index (χ1v) is 8.86. The quantitative estimate of drug-likeness (QED) is 0.356. The summed E-state index contributed by atoms with van der Waals surface area (Å²) < 4.78 is 78.7.